The summed E-state index contributed by atoms with van der Waals surface area (Å²) >= 11 is 1.52. The molecule has 0 radical (unpaired) electrons. The first-order chi connectivity index (χ1) is 14.2. The first kappa shape index (κ1) is 19.8. The summed E-state index contributed by atoms with van der Waals surface area (Å²) in [4.78, 5) is 19.6. The zero-order valence-electron chi connectivity index (χ0n) is 17.0. The van der Waals surface area contributed by atoms with Crippen LogP contribution in [0.1, 0.15) is 33.1 Å². The maximum absolute atomic E-state index is 12.8. The molecule has 1 aliphatic heterocycles. The molecule has 0 N–H and O–H groups in total. The molecule has 2 heterocycles. The van der Waals surface area contributed by atoms with Gasteiger partial charge in [0.25, 0.3) is 0 Å². The number of carbonyl (C=O) groups excluding carboxylic acids is 1. The molecule has 1 fully saturated rings. The van der Waals surface area contributed by atoms with E-state index < -0.39 is 0 Å². The number of ether oxygens (including phenoxy) is 1. The van der Waals surface area contributed by atoms with Crippen molar-refractivity contribution in [3.05, 3.63) is 48.5 Å². The summed E-state index contributed by atoms with van der Waals surface area (Å²) < 4.78 is 7.70. The average molecular weight is 410 g/mol. The highest BCUT2D eigenvalue weighted by molar-refractivity contribution is 7.99. The van der Waals surface area contributed by atoms with Crippen molar-refractivity contribution in [3.63, 3.8) is 0 Å². The molecule has 29 heavy (non-hydrogen) atoms. The van der Waals surface area contributed by atoms with Crippen molar-refractivity contribution in [2.24, 2.45) is 0 Å². The van der Waals surface area contributed by atoms with E-state index in [0.29, 0.717) is 18.4 Å². The Hall–Kier alpha value is -2.47. The van der Waals surface area contributed by atoms with E-state index in [2.05, 4.69) is 17.6 Å². The van der Waals surface area contributed by atoms with Crippen LogP contribution < -0.4 is 4.74 Å². The SMILES string of the molecule is CCOc1ccc(-n2c(SCC(=O)N3CCCC[C@@H]3C)nc3ccccc32)cc1. The van der Waals surface area contributed by atoms with Crippen molar-refractivity contribution < 1.29 is 9.53 Å². The van der Waals surface area contributed by atoms with Crippen LogP contribution >= 0.6 is 11.8 Å². The quantitative estimate of drug-likeness (QED) is 0.542. The minimum Gasteiger partial charge on any atom is -0.494 e. The molecule has 6 heteroatoms. The Kier molecular flexibility index (Phi) is 6.09. The molecule has 1 atom stereocenters. The zero-order valence-corrected chi connectivity index (χ0v) is 17.8. The van der Waals surface area contributed by atoms with Crippen LogP contribution in [0.4, 0.5) is 0 Å². The number of carbonyl (C=O) groups is 1. The normalized spacial score (nSPS) is 16.9. The highest BCUT2D eigenvalue weighted by Gasteiger charge is 2.24. The van der Waals surface area contributed by atoms with Crippen molar-refractivity contribution >= 4 is 28.7 Å². The molecule has 2 aromatic carbocycles. The predicted molar refractivity (Wildman–Crippen MR) is 118 cm³/mol. The van der Waals surface area contributed by atoms with Crippen molar-refractivity contribution in [2.45, 2.75) is 44.3 Å². The predicted octanol–water partition coefficient (Wildman–Crippen LogP) is 4.92. The van der Waals surface area contributed by atoms with Gasteiger partial charge in [-0.25, -0.2) is 4.98 Å². The highest BCUT2D eigenvalue weighted by Crippen LogP contribution is 2.29. The van der Waals surface area contributed by atoms with E-state index in [0.717, 1.165) is 47.0 Å². The molecular formula is C23H27N3O2S. The molecule has 1 amide bonds. The highest BCUT2D eigenvalue weighted by atomic mass is 32.2. The van der Waals surface area contributed by atoms with Crippen LogP contribution in [0.3, 0.4) is 0 Å². The third-order valence-electron chi connectivity index (χ3n) is 5.38. The lowest BCUT2D eigenvalue weighted by atomic mass is 10.0. The van der Waals surface area contributed by atoms with Gasteiger partial charge in [-0.05, 0) is 69.5 Å². The van der Waals surface area contributed by atoms with Crippen molar-refractivity contribution in [3.8, 4) is 11.4 Å². The van der Waals surface area contributed by atoms with Gasteiger partial charge in [0.2, 0.25) is 5.91 Å². The minimum absolute atomic E-state index is 0.201. The van der Waals surface area contributed by atoms with Crippen LogP contribution in [0.2, 0.25) is 0 Å². The fourth-order valence-corrected chi connectivity index (χ4v) is 4.80. The Morgan fingerprint density at radius 2 is 1.97 bits per heavy atom. The van der Waals surface area contributed by atoms with Gasteiger partial charge in [-0.1, -0.05) is 23.9 Å². The number of para-hydroxylation sites is 2. The Morgan fingerprint density at radius 3 is 2.72 bits per heavy atom. The van der Waals surface area contributed by atoms with Gasteiger partial charge in [0.05, 0.1) is 23.4 Å². The lowest BCUT2D eigenvalue weighted by molar-refractivity contribution is -0.131. The van der Waals surface area contributed by atoms with Crippen LogP contribution in [0, 0.1) is 0 Å². The summed E-state index contributed by atoms with van der Waals surface area (Å²) in [6.07, 6.45) is 3.41. The van der Waals surface area contributed by atoms with Crippen LogP contribution in [0.5, 0.6) is 5.75 Å². The molecule has 0 spiro atoms. The first-order valence-electron chi connectivity index (χ1n) is 10.3. The van der Waals surface area contributed by atoms with Gasteiger partial charge < -0.3 is 9.64 Å². The van der Waals surface area contributed by atoms with Gasteiger partial charge in [0, 0.05) is 18.3 Å². The van der Waals surface area contributed by atoms with E-state index in [1.54, 1.807) is 0 Å². The third-order valence-corrected chi connectivity index (χ3v) is 6.31. The number of fused-ring (bicyclic) bond motifs is 1. The number of nitrogens with zero attached hydrogens (tertiary/aromatic N) is 3. The Balaban J connectivity index is 1.60. The Bertz CT molecular complexity index is 983. The Labute approximate surface area is 176 Å². The van der Waals surface area contributed by atoms with Crippen molar-refractivity contribution in [1.29, 1.82) is 0 Å². The van der Waals surface area contributed by atoms with Gasteiger partial charge in [-0.3, -0.25) is 9.36 Å². The zero-order chi connectivity index (χ0) is 20.2. The molecule has 0 aliphatic carbocycles. The molecule has 1 saturated heterocycles. The number of benzene rings is 2. The second-order valence-corrected chi connectivity index (χ2v) is 8.31. The first-order valence-corrected chi connectivity index (χ1v) is 11.3. The molecule has 0 unspecified atom stereocenters. The smallest absolute Gasteiger partial charge is 0.233 e. The number of amides is 1. The fourth-order valence-electron chi connectivity index (χ4n) is 3.89. The van der Waals surface area contributed by atoms with Gasteiger partial charge in [0.1, 0.15) is 5.75 Å². The fraction of sp³-hybridized carbons (Fsp3) is 0.391. The van der Waals surface area contributed by atoms with Crippen LogP contribution in [-0.2, 0) is 4.79 Å². The number of piperidine rings is 1. The van der Waals surface area contributed by atoms with Gasteiger partial charge >= 0.3 is 0 Å². The average Bonchev–Trinajstić information content (AvgIpc) is 3.11. The summed E-state index contributed by atoms with van der Waals surface area (Å²) in [5, 5.41) is 0.841. The standard InChI is InChI=1S/C23H27N3O2S/c1-3-28-19-13-11-18(12-14-19)26-21-10-5-4-9-20(21)24-23(26)29-16-22(27)25-15-7-6-8-17(25)2/h4-5,9-14,17H,3,6-8,15-16H2,1-2H3/t17-/m0/s1. The molecule has 152 valence electrons. The van der Waals surface area contributed by atoms with Crippen molar-refractivity contribution in [2.75, 3.05) is 18.9 Å². The molecule has 4 rings (SSSR count). The molecule has 5 nitrogen and oxygen atoms in total. The lowest BCUT2D eigenvalue weighted by Crippen LogP contribution is -2.42. The molecular weight excluding hydrogens is 382 g/mol. The van der Waals surface area contributed by atoms with E-state index in [1.807, 2.05) is 54.3 Å². The van der Waals surface area contributed by atoms with Crippen molar-refractivity contribution in [1.82, 2.24) is 14.5 Å². The largest absolute Gasteiger partial charge is 0.494 e. The number of aromatic nitrogens is 2. The number of thioether (sulfide) groups is 1. The molecule has 0 bridgehead atoms. The maximum Gasteiger partial charge on any atom is 0.233 e. The number of likely N-dealkylation sites (tertiary alicyclic amines) is 1. The summed E-state index contributed by atoms with van der Waals surface area (Å²) in [6, 6.07) is 16.5. The van der Waals surface area contributed by atoms with Gasteiger partial charge in [0.15, 0.2) is 5.16 Å². The molecule has 3 aromatic rings. The molecule has 1 aliphatic rings. The summed E-state index contributed by atoms with van der Waals surface area (Å²) in [5.74, 6) is 1.46. The number of imidazole rings is 1. The second kappa shape index (κ2) is 8.91. The topological polar surface area (TPSA) is 47.4 Å². The molecule has 0 saturated carbocycles. The third kappa shape index (κ3) is 4.27. The number of hydrogen-bond acceptors (Lipinski definition) is 4. The van der Waals surface area contributed by atoms with Crippen LogP contribution in [-0.4, -0.2) is 45.3 Å². The number of rotatable bonds is 6. The van der Waals surface area contributed by atoms with E-state index in [-0.39, 0.29) is 5.91 Å². The van der Waals surface area contributed by atoms with E-state index >= 15 is 0 Å². The van der Waals surface area contributed by atoms with Crippen LogP contribution in [0.15, 0.2) is 53.7 Å². The van der Waals surface area contributed by atoms with E-state index in [1.165, 1.54) is 18.2 Å². The summed E-state index contributed by atoms with van der Waals surface area (Å²) in [5.41, 5.74) is 2.99. The van der Waals surface area contributed by atoms with E-state index in [4.69, 9.17) is 9.72 Å². The maximum atomic E-state index is 12.8. The monoisotopic (exact) mass is 409 g/mol. The van der Waals surface area contributed by atoms with Gasteiger partial charge in [-0.2, -0.15) is 0 Å². The van der Waals surface area contributed by atoms with Crippen LogP contribution in [0.25, 0.3) is 16.7 Å². The van der Waals surface area contributed by atoms with E-state index in [9.17, 15) is 4.79 Å². The second-order valence-electron chi connectivity index (χ2n) is 7.37. The molecule has 1 aromatic heterocycles. The lowest BCUT2D eigenvalue weighted by Gasteiger charge is -2.33. The minimum atomic E-state index is 0.201. The summed E-state index contributed by atoms with van der Waals surface area (Å²) in [7, 11) is 0. The van der Waals surface area contributed by atoms with Gasteiger partial charge in [-0.15, -0.1) is 0 Å². The number of hydrogen-bond donors (Lipinski definition) is 0. The summed E-state index contributed by atoms with van der Waals surface area (Å²) in [6.45, 7) is 5.64. The Morgan fingerprint density at radius 1 is 1.17 bits per heavy atom.